The van der Waals surface area contributed by atoms with Crippen molar-refractivity contribution in [1.29, 1.82) is 0 Å². The summed E-state index contributed by atoms with van der Waals surface area (Å²) in [5.74, 6) is -0.304. The van der Waals surface area contributed by atoms with E-state index in [1.807, 2.05) is 38.1 Å². The number of carbonyl (C=O) groups is 1. The second-order valence-electron chi connectivity index (χ2n) is 11.9. The number of hydrogen-bond acceptors (Lipinski definition) is 7. The molecule has 3 aliphatic heterocycles. The van der Waals surface area contributed by atoms with E-state index in [0.29, 0.717) is 13.0 Å². The minimum absolute atomic E-state index is 0.0338. The predicted octanol–water partition coefficient (Wildman–Crippen LogP) is 1.60. The monoisotopic (exact) mass is 607 g/mol. The molecular weight excluding hydrogens is 566 g/mol. The summed E-state index contributed by atoms with van der Waals surface area (Å²) < 4.78 is 53.7. The number of hydrogen-bond donors (Lipinski definition) is 1. The molecule has 2 bridgehead atoms. The Bertz CT molecular complexity index is 1550. The molecule has 13 heteroatoms. The molecule has 0 saturated carbocycles. The summed E-state index contributed by atoms with van der Waals surface area (Å²) in [6.45, 7) is 5.29. The van der Waals surface area contributed by atoms with Gasteiger partial charge in [0, 0.05) is 50.3 Å². The van der Waals surface area contributed by atoms with Gasteiger partial charge in [-0.2, -0.15) is 8.61 Å². The highest BCUT2D eigenvalue weighted by Crippen LogP contribution is 2.36. The fraction of sp³-hybridized carbons (Fsp3) is 0.643. The van der Waals surface area contributed by atoms with Crippen molar-refractivity contribution >= 4 is 36.9 Å². The largest absolute Gasteiger partial charge is 0.349 e. The van der Waals surface area contributed by atoms with Crippen LogP contribution in [0.4, 0.5) is 0 Å². The number of rotatable bonds is 9. The summed E-state index contributed by atoms with van der Waals surface area (Å²) in [6.07, 6.45) is 5.21. The van der Waals surface area contributed by atoms with Gasteiger partial charge in [-0.1, -0.05) is 18.2 Å². The van der Waals surface area contributed by atoms with Gasteiger partial charge >= 0.3 is 0 Å². The first-order valence-corrected chi connectivity index (χ1v) is 17.9. The van der Waals surface area contributed by atoms with Crippen LogP contribution in [-0.2, 0) is 20.0 Å². The van der Waals surface area contributed by atoms with Gasteiger partial charge in [0.15, 0.2) is 0 Å². The van der Waals surface area contributed by atoms with Gasteiger partial charge in [0.05, 0.1) is 17.5 Å². The van der Waals surface area contributed by atoms with Crippen LogP contribution < -0.4 is 10.9 Å². The zero-order valence-electron chi connectivity index (χ0n) is 24.0. The second kappa shape index (κ2) is 11.8. The van der Waals surface area contributed by atoms with Gasteiger partial charge in [-0.3, -0.25) is 14.5 Å². The topological polar surface area (TPSA) is 129 Å². The van der Waals surface area contributed by atoms with Crippen molar-refractivity contribution in [3.8, 4) is 0 Å². The summed E-state index contributed by atoms with van der Waals surface area (Å²) in [6, 6.07) is 9.71. The number of nitrogens with zero attached hydrogens (tertiary/aromatic N) is 4. The first-order valence-electron chi connectivity index (χ1n) is 14.5. The Morgan fingerprint density at radius 1 is 0.976 bits per heavy atom. The van der Waals surface area contributed by atoms with Gasteiger partial charge < -0.3 is 9.88 Å². The maximum atomic E-state index is 13.3. The number of piperidine rings is 1. The van der Waals surface area contributed by atoms with Crippen LogP contribution in [0.3, 0.4) is 0 Å². The molecule has 11 nitrogen and oxygen atoms in total. The van der Waals surface area contributed by atoms with Gasteiger partial charge in [0.2, 0.25) is 20.0 Å². The number of aromatic nitrogens is 1. The third-order valence-corrected chi connectivity index (χ3v) is 12.1. The molecule has 226 valence electrons. The van der Waals surface area contributed by atoms with Crippen LogP contribution in [0.1, 0.15) is 62.4 Å². The molecule has 2 aromatic rings. The van der Waals surface area contributed by atoms with Crippen LogP contribution in [0.2, 0.25) is 0 Å². The molecule has 4 heterocycles. The van der Waals surface area contributed by atoms with Gasteiger partial charge in [-0.15, -0.1) is 0 Å². The first kappa shape index (κ1) is 30.1. The van der Waals surface area contributed by atoms with Crippen LogP contribution in [0.5, 0.6) is 0 Å². The number of pyridine rings is 1. The smallest absolute Gasteiger partial charge is 0.264 e. The summed E-state index contributed by atoms with van der Waals surface area (Å²) in [5.41, 5.74) is 0.693. The van der Waals surface area contributed by atoms with Gasteiger partial charge in [0.25, 0.3) is 11.5 Å². The van der Waals surface area contributed by atoms with E-state index in [2.05, 4.69) is 10.2 Å². The molecule has 1 aromatic carbocycles. The number of fused-ring (bicyclic) bond motifs is 3. The lowest BCUT2D eigenvalue weighted by molar-refractivity contribution is 0.0844. The van der Waals surface area contributed by atoms with Crippen molar-refractivity contribution in [3.05, 3.63) is 46.2 Å². The number of amides is 1. The maximum absolute atomic E-state index is 13.3. The molecule has 0 spiro atoms. The average Bonchev–Trinajstić information content (AvgIpc) is 3.14. The van der Waals surface area contributed by atoms with E-state index in [0.717, 1.165) is 42.8 Å². The summed E-state index contributed by atoms with van der Waals surface area (Å²) >= 11 is 0. The SMILES string of the molecule is CC(C)n1c(=O)c(C(=O)NC2C[C@H]3CC[C@@H](C2)N3CCCS(=O)(=O)N2CCN(S(C)(=O)=O)CC2)cc2ccccc21. The molecule has 1 aromatic heterocycles. The van der Waals surface area contributed by atoms with E-state index in [-0.39, 0.29) is 73.1 Å². The Balaban J connectivity index is 1.16. The van der Waals surface area contributed by atoms with E-state index in [1.165, 1.54) is 8.61 Å². The lowest BCUT2D eigenvalue weighted by Gasteiger charge is -2.39. The number of benzene rings is 1. The van der Waals surface area contributed by atoms with Crippen LogP contribution in [-0.4, -0.2) is 104 Å². The molecule has 5 rings (SSSR count). The Labute approximate surface area is 242 Å². The molecule has 1 N–H and O–H groups in total. The predicted molar refractivity (Wildman–Crippen MR) is 159 cm³/mol. The van der Waals surface area contributed by atoms with Crippen molar-refractivity contribution in [1.82, 2.24) is 23.4 Å². The lowest BCUT2D eigenvalue weighted by Crippen LogP contribution is -2.52. The van der Waals surface area contributed by atoms with Crippen molar-refractivity contribution in [2.75, 3.05) is 44.7 Å². The van der Waals surface area contributed by atoms with Gasteiger partial charge in [-0.25, -0.2) is 16.8 Å². The number of carbonyl (C=O) groups excluding carboxylic acids is 1. The first-order chi connectivity index (χ1) is 19.3. The summed E-state index contributed by atoms with van der Waals surface area (Å²) in [7, 11) is -6.77. The molecule has 3 saturated heterocycles. The fourth-order valence-electron chi connectivity index (χ4n) is 6.82. The lowest BCUT2D eigenvalue weighted by atomic mass is 9.96. The van der Waals surface area contributed by atoms with E-state index in [9.17, 15) is 26.4 Å². The van der Waals surface area contributed by atoms with E-state index in [4.69, 9.17) is 0 Å². The van der Waals surface area contributed by atoms with E-state index >= 15 is 0 Å². The highest BCUT2D eigenvalue weighted by molar-refractivity contribution is 7.89. The molecule has 0 aliphatic carbocycles. The highest BCUT2D eigenvalue weighted by Gasteiger charge is 2.41. The molecule has 41 heavy (non-hydrogen) atoms. The molecule has 3 fully saturated rings. The standard InChI is InChI=1S/C28H41N5O6S2/c1-20(2)33-26-8-5-4-7-21(26)17-25(28(33)35)27(34)29-22-18-23-9-10-24(19-22)32(23)11-6-16-41(38,39)31-14-12-30(13-15-31)40(3,36)37/h4-5,7-8,17,20,22-24H,6,9-16,18-19H2,1-3H3,(H,29,34)/t22?,23-,24+. The number of para-hydroxylation sites is 1. The van der Waals surface area contributed by atoms with E-state index < -0.39 is 20.0 Å². The van der Waals surface area contributed by atoms with Crippen molar-refractivity contribution in [2.45, 2.75) is 70.1 Å². The Kier molecular flexibility index (Phi) is 8.64. The average molecular weight is 608 g/mol. The normalized spacial score (nSPS) is 24.7. The zero-order valence-corrected chi connectivity index (χ0v) is 25.7. The van der Waals surface area contributed by atoms with Crippen LogP contribution >= 0.6 is 0 Å². The molecule has 3 atom stereocenters. The third-order valence-electron chi connectivity index (χ3n) is 8.80. The second-order valence-corrected chi connectivity index (χ2v) is 16.0. The third kappa shape index (κ3) is 6.38. The van der Waals surface area contributed by atoms with Crippen LogP contribution in [0, 0.1) is 0 Å². The minimum atomic E-state index is -3.46. The van der Waals surface area contributed by atoms with E-state index in [1.54, 1.807) is 10.6 Å². The Morgan fingerprint density at radius 3 is 2.20 bits per heavy atom. The quantitative estimate of drug-likeness (QED) is 0.459. The molecule has 1 unspecified atom stereocenters. The highest BCUT2D eigenvalue weighted by atomic mass is 32.2. The molecular formula is C28H41N5O6S2. The minimum Gasteiger partial charge on any atom is -0.349 e. The molecule has 0 radical (unpaired) electrons. The molecule has 3 aliphatic rings. The van der Waals surface area contributed by atoms with Gasteiger partial charge in [0.1, 0.15) is 5.56 Å². The van der Waals surface area contributed by atoms with Crippen molar-refractivity contribution in [3.63, 3.8) is 0 Å². The molecule has 1 amide bonds. The van der Waals surface area contributed by atoms with Gasteiger partial charge in [-0.05, 0) is 70.0 Å². The van der Waals surface area contributed by atoms with Crippen molar-refractivity contribution < 1.29 is 21.6 Å². The Hall–Kier alpha value is -2.32. The van der Waals surface area contributed by atoms with Crippen LogP contribution in [0.15, 0.2) is 35.1 Å². The number of nitrogens with one attached hydrogen (secondary N) is 1. The van der Waals surface area contributed by atoms with Crippen molar-refractivity contribution in [2.24, 2.45) is 0 Å². The van der Waals surface area contributed by atoms with Crippen LogP contribution in [0.25, 0.3) is 10.9 Å². The maximum Gasteiger partial charge on any atom is 0.264 e. The summed E-state index contributed by atoms with van der Waals surface area (Å²) in [5, 5.41) is 3.99. The number of sulfonamides is 2. The number of piperazine rings is 1. The zero-order chi connectivity index (χ0) is 29.5. The summed E-state index contributed by atoms with van der Waals surface area (Å²) in [4.78, 5) is 29.0. The Morgan fingerprint density at radius 2 is 1.59 bits per heavy atom. The fourth-order valence-corrected chi connectivity index (χ4v) is 9.12.